The third-order valence-corrected chi connectivity index (χ3v) is 4.73. The molecule has 0 fully saturated rings. The minimum absolute atomic E-state index is 0.440. The topological polar surface area (TPSA) is 0 Å². The molecule has 0 saturated carbocycles. The molecule has 0 amide bonds. The van der Waals surface area contributed by atoms with Crippen molar-refractivity contribution in [1.82, 2.24) is 0 Å². The summed E-state index contributed by atoms with van der Waals surface area (Å²) in [5.74, 6) is 0.440. The number of benzene rings is 2. The average Bonchev–Trinajstić information content (AvgIpc) is 2.43. The van der Waals surface area contributed by atoms with Gasteiger partial charge in [-0.15, -0.1) is 0 Å². The van der Waals surface area contributed by atoms with Gasteiger partial charge in [0, 0.05) is 0 Å². The van der Waals surface area contributed by atoms with Gasteiger partial charge in [-0.3, -0.25) is 0 Å². The molecule has 0 spiro atoms. The molecule has 19 heavy (non-hydrogen) atoms. The maximum absolute atomic E-state index is 5.97. The van der Waals surface area contributed by atoms with E-state index in [0.717, 1.165) is 10.0 Å². The van der Waals surface area contributed by atoms with Crippen LogP contribution in [0.5, 0.6) is 0 Å². The van der Waals surface area contributed by atoms with Gasteiger partial charge >= 0.3 is 139 Å². The molecular weight excluding hydrogens is 382 g/mol. The molecule has 0 aliphatic carbocycles. The van der Waals surface area contributed by atoms with Gasteiger partial charge in [0.25, 0.3) is 0 Å². The Labute approximate surface area is 138 Å². The molecule has 0 nitrogen and oxygen atoms in total. The molecule has 97 valence electrons. The van der Waals surface area contributed by atoms with Crippen molar-refractivity contribution >= 4 is 45.7 Å². The van der Waals surface area contributed by atoms with Crippen molar-refractivity contribution in [2.45, 2.75) is 23.2 Å². The van der Waals surface area contributed by atoms with Crippen LogP contribution < -0.4 is 0 Å². The standard InChI is InChI=1S/C16H15Cl2.Sn/c1-2-3-16(12-4-8-14(17)9-5-12)13-6-10-15(18)11-7-13;/h4-11,16H,1-3H2;. The summed E-state index contributed by atoms with van der Waals surface area (Å²) in [6.45, 7) is 0. The van der Waals surface area contributed by atoms with Gasteiger partial charge in [0.05, 0.1) is 0 Å². The van der Waals surface area contributed by atoms with Crippen LogP contribution in [-0.2, 0) is 0 Å². The third-order valence-electron chi connectivity index (χ3n) is 3.21. The SMILES string of the molecule is Clc1ccc(C(CC[CH2][Sn])c2ccc(Cl)cc2)cc1. The molecule has 0 aliphatic rings. The van der Waals surface area contributed by atoms with Crippen molar-refractivity contribution in [3.63, 3.8) is 0 Å². The molecule has 0 N–H and O–H groups in total. The Hall–Kier alpha value is -0.181. The fourth-order valence-electron chi connectivity index (χ4n) is 2.22. The van der Waals surface area contributed by atoms with Gasteiger partial charge in [-0.05, 0) is 0 Å². The number of rotatable bonds is 5. The molecule has 2 aromatic rings. The van der Waals surface area contributed by atoms with Crippen LogP contribution in [0.25, 0.3) is 0 Å². The molecule has 0 saturated heterocycles. The second-order valence-electron chi connectivity index (χ2n) is 4.55. The summed E-state index contributed by atoms with van der Waals surface area (Å²) < 4.78 is 1.30. The zero-order valence-electron chi connectivity index (χ0n) is 10.6. The number of hydrogen-bond acceptors (Lipinski definition) is 0. The van der Waals surface area contributed by atoms with E-state index >= 15 is 0 Å². The van der Waals surface area contributed by atoms with E-state index in [1.54, 1.807) is 22.5 Å². The van der Waals surface area contributed by atoms with E-state index in [-0.39, 0.29) is 0 Å². The molecular formula is C16H15Cl2Sn. The maximum atomic E-state index is 5.97. The van der Waals surface area contributed by atoms with Gasteiger partial charge in [-0.1, -0.05) is 0 Å². The Bertz CT molecular complexity index is 460. The summed E-state index contributed by atoms with van der Waals surface area (Å²) in [6, 6.07) is 16.4. The summed E-state index contributed by atoms with van der Waals surface area (Å²) in [7, 11) is 0. The van der Waals surface area contributed by atoms with Gasteiger partial charge in [-0.25, -0.2) is 0 Å². The van der Waals surface area contributed by atoms with Crippen LogP contribution in [-0.4, -0.2) is 22.5 Å². The number of halogens is 2. The van der Waals surface area contributed by atoms with Crippen LogP contribution >= 0.6 is 23.2 Å². The van der Waals surface area contributed by atoms with E-state index in [0.29, 0.717) is 5.92 Å². The van der Waals surface area contributed by atoms with Crippen molar-refractivity contribution < 1.29 is 0 Å². The molecule has 2 rings (SSSR count). The fraction of sp³-hybridized carbons (Fsp3) is 0.250. The number of hydrogen-bond donors (Lipinski definition) is 0. The van der Waals surface area contributed by atoms with Crippen LogP contribution in [0, 0.1) is 0 Å². The zero-order chi connectivity index (χ0) is 13.7. The predicted molar refractivity (Wildman–Crippen MR) is 84.5 cm³/mol. The molecule has 0 atom stereocenters. The Balaban J connectivity index is 2.29. The Morgan fingerprint density at radius 1 is 0.789 bits per heavy atom. The summed E-state index contributed by atoms with van der Waals surface area (Å²) in [6.07, 6.45) is 2.43. The van der Waals surface area contributed by atoms with E-state index in [1.807, 2.05) is 24.3 Å². The Kier molecular flexibility index (Phi) is 6.05. The quantitative estimate of drug-likeness (QED) is 0.586. The monoisotopic (exact) mass is 397 g/mol. The van der Waals surface area contributed by atoms with Gasteiger partial charge in [0.15, 0.2) is 0 Å². The minimum atomic E-state index is 0.440. The first-order valence-corrected chi connectivity index (χ1v) is 9.13. The molecule has 0 aliphatic heterocycles. The molecule has 0 unspecified atom stereocenters. The third kappa shape index (κ3) is 4.40. The molecule has 2 aromatic carbocycles. The van der Waals surface area contributed by atoms with Crippen molar-refractivity contribution in [1.29, 1.82) is 0 Å². The molecule has 0 aromatic heterocycles. The fourth-order valence-corrected chi connectivity index (χ4v) is 3.06. The Morgan fingerprint density at radius 3 is 1.58 bits per heavy atom. The van der Waals surface area contributed by atoms with Crippen molar-refractivity contribution in [2.75, 3.05) is 0 Å². The summed E-state index contributed by atoms with van der Waals surface area (Å²) in [5.41, 5.74) is 2.66. The van der Waals surface area contributed by atoms with E-state index < -0.39 is 0 Å². The molecule has 3 radical (unpaired) electrons. The summed E-state index contributed by atoms with van der Waals surface area (Å²) >= 11 is 13.6. The Morgan fingerprint density at radius 2 is 1.21 bits per heavy atom. The van der Waals surface area contributed by atoms with Crippen LogP contribution in [0.4, 0.5) is 0 Å². The van der Waals surface area contributed by atoms with E-state index in [2.05, 4.69) is 24.3 Å². The van der Waals surface area contributed by atoms with Crippen LogP contribution in [0.15, 0.2) is 48.5 Å². The normalized spacial score (nSPS) is 10.9. The van der Waals surface area contributed by atoms with Crippen molar-refractivity contribution in [3.8, 4) is 0 Å². The first kappa shape index (κ1) is 15.2. The van der Waals surface area contributed by atoms with Gasteiger partial charge in [0.2, 0.25) is 0 Å². The van der Waals surface area contributed by atoms with E-state index in [9.17, 15) is 0 Å². The molecule has 3 heteroatoms. The van der Waals surface area contributed by atoms with E-state index in [4.69, 9.17) is 23.2 Å². The van der Waals surface area contributed by atoms with Crippen LogP contribution in [0.2, 0.25) is 14.5 Å². The van der Waals surface area contributed by atoms with Crippen molar-refractivity contribution in [3.05, 3.63) is 69.7 Å². The van der Waals surface area contributed by atoms with E-state index in [1.165, 1.54) is 28.4 Å². The second kappa shape index (κ2) is 7.56. The molecule has 0 heterocycles. The van der Waals surface area contributed by atoms with Gasteiger partial charge in [-0.2, -0.15) is 0 Å². The van der Waals surface area contributed by atoms with Gasteiger partial charge in [0.1, 0.15) is 0 Å². The summed E-state index contributed by atoms with van der Waals surface area (Å²) in [5, 5.41) is 1.58. The molecule has 0 bridgehead atoms. The predicted octanol–water partition coefficient (Wildman–Crippen LogP) is 5.49. The second-order valence-corrected chi connectivity index (χ2v) is 6.85. The average molecular weight is 397 g/mol. The zero-order valence-corrected chi connectivity index (χ0v) is 14.9. The van der Waals surface area contributed by atoms with Crippen molar-refractivity contribution in [2.24, 2.45) is 0 Å². The summed E-state index contributed by atoms with van der Waals surface area (Å²) in [4.78, 5) is 0. The first-order valence-electron chi connectivity index (χ1n) is 6.36. The first-order chi connectivity index (χ1) is 9.20. The van der Waals surface area contributed by atoms with Crippen LogP contribution in [0.3, 0.4) is 0 Å². The van der Waals surface area contributed by atoms with Crippen LogP contribution in [0.1, 0.15) is 29.9 Å². The van der Waals surface area contributed by atoms with Gasteiger partial charge < -0.3 is 0 Å².